The summed E-state index contributed by atoms with van der Waals surface area (Å²) in [6, 6.07) is 8.30. The lowest BCUT2D eigenvalue weighted by Crippen LogP contribution is -2.05. The molecule has 2 aromatic carbocycles. The van der Waals surface area contributed by atoms with E-state index in [1.807, 2.05) is 20.8 Å². The molecule has 2 rings (SSSR count). The SMILES string of the molecule is COC(=O)c1ccc(COc2cc(C)c(C)cc2[N+](=O)[O-])c(C)c1. The number of nitrogens with zero attached hydrogens (tertiary/aromatic N) is 1. The molecule has 0 aliphatic carbocycles. The first-order valence-corrected chi connectivity index (χ1v) is 7.39. The van der Waals surface area contributed by atoms with E-state index in [-0.39, 0.29) is 18.0 Å². The first kappa shape index (κ1) is 17.5. The largest absolute Gasteiger partial charge is 0.482 e. The zero-order chi connectivity index (χ0) is 17.9. The fraction of sp³-hybridized carbons (Fsp3) is 0.278. The van der Waals surface area contributed by atoms with Crippen LogP contribution in [0.25, 0.3) is 0 Å². The minimum absolute atomic E-state index is 0.0538. The average molecular weight is 329 g/mol. The topological polar surface area (TPSA) is 78.7 Å². The molecule has 0 atom stereocenters. The van der Waals surface area contributed by atoms with E-state index in [4.69, 9.17) is 4.74 Å². The molecule has 0 bridgehead atoms. The van der Waals surface area contributed by atoms with Crippen LogP contribution < -0.4 is 4.74 Å². The monoisotopic (exact) mass is 329 g/mol. The van der Waals surface area contributed by atoms with Crippen LogP contribution in [0, 0.1) is 30.9 Å². The van der Waals surface area contributed by atoms with Crippen molar-refractivity contribution in [3.8, 4) is 5.75 Å². The molecule has 0 spiro atoms. The first-order valence-electron chi connectivity index (χ1n) is 7.39. The van der Waals surface area contributed by atoms with E-state index in [0.29, 0.717) is 5.56 Å². The quantitative estimate of drug-likeness (QED) is 0.472. The van der Waals surface area contributed by atoms with Crippen LogP contribution in [-0.4, -0.2) is 18.0 Å². The van der Waals surface area contributed by atoms with Crippen LogP contribution in [-0.2, 0) is 11.3 Å². The predicted molar refractivity (Wildman–Crippen MR) is 89.4 cm³/mol. The van der Waals surface area contributed by atoms with Gasteiger partial charge in [-0.1, -0.05) is 6.07 Å². The lowest BCUT2D eigenvalue weighted by molar-refractivity contribution is -0.386. The van der Waals surface area contributed by atoms with Gasteiger partial charge in [0.2, 0.25) is 0 Å². The van der Waals surface area contributed by atoms with Gasteiger partial charge in [0.05, 0.1) is 17.6 Å². The standard InChI is InChI=1S/C18H19NO5/c1-11-8-16(19(21)22)17(9-12(11)2)24-10-15-6-5-14(7-13(15)3)18(20)23-4/h5-9H,10H2,1-4H3. The molecule has 0 aromatic heterocycles. The van der Waals surface area contributed by atoms with Gasteiger partial charge in [0.1, 0.15) is 6.61 Å². The number of carbonyl (C=O) groups excluding carboxylic acids is 1. The summed E-state index contributed by atoms with van der Waals surface area (Å²) in [5.41, 5.74) is 3.86. The highest BCUT2D eigenvalue weighted by Crippen LogP contribution is 2.31. The fourth-order valence-electron chi connectivity index (χ4n) is 2.29. The summed E-state index contributed by atoms with van der Waals surface area (Å²) in [5, 5.41) is 11.2. The Morgan fingerprint density at radius 2 is 1.75 bits per heavy atom. The van der Waals surface area contributed by atoms with E-state index >= 15 is 0 Å². The number of hydrogen-bond acceptors (Lipinski definition) is 5. The van der Waals surface area contributed by atoms with Gasteiger partial charge >= 0.3 is 11.7 Å². The molecule has 24 heavy (non-hydrogen) atoms. The number of rotatable bonds is 5. The van der Waals surface area contributed by atoms with Gasteiger partial charge in [-0.05, 0) is 61.2 Å². The number of benzene rings is 2. The predicted octanol–water partition coefficient (Wildman–Crippen LogP) is 3.89. The highest BCUT2D eigenvalue weighted by atomic mass is 16.6. The minimum Gasteiger partial charge on any atom is -0.482 e. The Bertz CT molecular complexity index is 798. The number of methoxy groups -OCH3 is 1. The molecule has 0 aliphatic heterocycles. The Kier molecular flexibility index (Phi) is 5.18. The molecule has 6 nitrogen and oxygen atoms in total. The number of carbonyl (C=O) groups is 1. The van der Waals surface area contributed by atoms with E-state index in [2.05, 4.69) is 4.74 Å². The second kappa shape index (κ2) is 7.12. The molecule has 2 aromatic rings. The van der Waals surface area contributed by atoms with Crippen molar-refractivity contribution >= 4 is 11.7 Å². The molecule has 0 aliphatic rings. The van der Waals surface area contributed by atoms with Gasteiger partial charge in [0, 0.05) is 6.07 Å². The van der Waals surface area contributed by atoms with Crippen molar-refractivity contribution in [2.75, 3.05) is 7.11 Å². The number of nitro benzene ring substituents is 1. The summed E-state index contributed by atoms with van der Waals surface area (Å²) in [6.07, 6.45) is 0. The van der Waals surface area contributed by atoms with Crippen LogP contribution >= 0.6 is 0 Å². The van der Waals surface area contributed by atoms with Crippen LogP contribution in [0.1, 0.15) is 32.6 Å². The third-order valence-electron chi connectivity index (χ3n) is 3.92. The first-order chi connectivity index (χ1) is 11.3. The molecule has 0 heterocycles. The molecule has 0 N–H and O–H groups in total. The summed E-state index contributed by atoms with van der Waals surface area (Å²) < 4.78 is 10.4. The maximum absolute atomic E-state index is 11.5. The Labute approximate surface area is 140 Å². The second-order valence-electron chi connectivity index (χ2n) is 5.58. The zero-order valence-electron chi connectivity index (χ0n) is 14.1. The van der Waals surface area contributed by atoms with Crippen LogP contribution in [0.3, 0.4) is 0 Å². The van der Waals surface area contributed by atoms with Crippen molar-refractivity contribution in [1.29, 1.82) is 0 Å². The second-order valence-corrected chi connectivity index (χ2v) is 5.58. The average Bonchev–Trinajstić information content (AvgIpc) is 2.55. The molecule has 0 saturated heterocycles. The zero-order valence-corrected chi connectivity index (χ0v) is 14.1. The van der Waals surface area contributed by atoms with Crippen molar-refractivity contribution in [2.45, 2.75) is 27.4 Å². The van der Waals surface area contributed by atoms with Gasteiger partial charge in [-0.2, -0.15) is 0 Å². The maximum Gasteiger partial charge on any atom is 0.337 e. The van der Waals surface area contributed by atoms with E-state index in [1.165, 1.54) is 13.2 Å². The summed E-state index contributed by atoms with van der Waals surface area (Å²) in [7, 11) is 1.33. The van der Waals surface area contributed by atoms with E-state index in [0.717, 1.165) is 22.3 Å². The Hall–Kier alpha value is -2.89. The highest BCUT2D eigenvalue weighted by molar-refractivity contribution is 5.89. The highest BCUT2D eigenvalue weighted by Gasteiger charge is 2.17. The summed E-state index contributed by atoms with van der Waals surface area (Å²) in [6.45, 7) is 5.72. The number of esters is 1. The normalized spacial score (nSPS) is 10.3. The van der Waals surface area contributed by atoms with Gasteiger partial charge in [-0.15, -0.1) is 0 Å². The number of nitro groups is 1. The van der Waals surface area contributed by atoms with Crippen LogP contribution in [0.15, 0.2) is 30.3 Å². The summed E-state index contributed by atoms with van der Waals surface area (Å²) in [5.74, 6) is -0.171. The summed E-state index contributed by atoms with van der Waals surface area (Å²) in [4.78, 5) is 22.3. The molecule has 126 valence electrons. The Balaban J connectivity index is 2.24. The van der Waals surface area contributed by atoms with Crippen molar-refractivity contribution in [3.05, 3.63) is 68.3 Å². The van der Waals surface area contributed by atoms with Gasteiger partial charge in [0.25, 0.3) is 0 Å². The Morgan fingerprint density at radius 3 is 2.33 bits per heavy atom. The minimum atomic E-state index is -0.449. The summed E-state index contributed by atoms with van der Waals surface area (Å²) >= 11 is 0. The Morgan fingerprint density at radius 1 is 1.08 bits per heavy atom. The van der Waals surface area contributed by atoms with Gasteiger partial charge in [-0.25, -0.2) is 4.79 Å². The third-order valence-corrected chi connectivity index (χ3v) is 3.92. The van der Waals surface area contributed by atoms with Crippen molar-refractivity contribution in [3.63, 3.8) is 0 Å². The molecular formula is C18H19NO5. The molecule has 0 saturated carbocycles. The number of ether oxygens (including phenoxy) is 2. The molecule has 0 unspecified atom stereocenters. The van der Waals surface area contributed by atoms with E-state index < -0.39 is 10.9 Å². The molecule has 0 fully saturated rings. The van der Waals surface area contributed by atoms with Gasteiger partial charge in [0.15, 0.2) is 5.75 Å². The smallest absolute Gasteiger partial charge is 0.337 e. The van der Waals surface area contributed by atoms with Crippen molar-refractivity contribution in [2.24, 2.45) is 0 Å². The van der Waals surface area contributed by atoms with Gasteiger partial charge in [-0.3, -0.25) is 10.1 Å². The molecule has 6 heteroatoms. The lowest BCUT2D eigenvalue weighted by atomic mass is 10.1. The molecular weight excluding hydrogens is 310 g/mol. The number of hydrogen-bond donors (Lipinski definition) is 0. The van der Waals surface area contributed by atoms with Crippen molar-refractivity contribution < 1.29 is 19.2 Å². The molecule has 0 radical (unpaired) electrons. The van der Waals surface area contributed by atoms with Crippen LogP contribution in [0.5, 0.6) is 5.75 Å². The lowest BCUT2D eigenvalue weighted by Gasteiger charge is -2.11. The fourth-order valence-corrected chi connectivity index (χ4v) is 2.29. The third kappa shape index (κ3) is 3.71. The van der Waals surface area contributed by atoms with E-state index in [9.17, 15) is 14.9 Å². The van der Waals surface area contributed by atoms with Crippen LogP contribution in [0.4, 0.5) is 5.69 Å². The number of aryl methyl sites for hydroxylation is 3. The maximum atomic E-state index is 11.5. The van der Waals surface area contributed by atoms with Crippen molar-refractivity contribution in [1.82, 2.24) is 0 Å². The van der Waals surface area contributed by atoms with Gasteiger partial charge < -0.3 is 9.47 Å². The van der Waals surface area contributed by atoms with E-state index in [1.54, 1.807) is 24.3 Å². The molecule has 0 amide bonds. The van der Waals surface area contributed by atoms with Crippen LogP contribution in [0.2, 0.25) is 0 Å².